The summed E-state index contributed by atoms with van der Waals surface area (Å²) in [5.74, 6) is -0.492. The van der Waals surface area contributed by atoms with E-state index in [1.807, 2.05) is 0 Å². The number of nitrogens with two attached hydrogens (primary N) is 1. The Morgan fingerprint density at radius 1 is 1.15 bits per heavy atom. The number of methoxy groups -OCH3 is 1. The van der Waals surface area contributed by atoms with Crippen LogP contribution in [0.4, 0.5) is 30.2 Å². The Kier molecular flexibility index (Phi) is 4.02. The first-order chi connectivity index (χ1) is 9.51. The molecule has 0 aliphatic heterocycles. The Morgan fingerprint density at radius 2 is 1.90 bits per heavy atom. The minimum atomic E-state index is -2.68. The quantitative estimate of drug-likeness (QED) is 0.830. The summed E-state index contributed by atoms with van der Waals surface area (Å²) in [6.45, 7) is 0. The fourth-order valence-corrected chi connectivity index (χ4v) is 1.78. The number of anilines is 3. The van der Waals surface area contributed by atoms with Crippen LogP contribution in [0.15, 0.2) is 36.4 Å². The number of halogens is 3. The predicted octanol–water partition coefficient (Wildman–Crippen LogP) is 4.10. The number of nitrogen functional groups attached to an aromatic ring is 1. The summed E-state index contributed by atoms with van der Waals surface area (Å²) in [5, 5.41) is 2.74. The first kappa shape index (κ1) is 14.0. The van der Waals surface area contributed by atoms with E-state index in [0.717, 1.165) is 0 Å². The van der Waals surface area contributed by atoms with Gasteiger partial charge in [0.05, 0.1) is 7.11 Å². The SMILES string of the molecule is COc1ccc(Nc2ccc(N)cc2C(F)F)cc1F. The van der Waals surface area contributed by atoms with Gasteiger partial charge in [-0.15, -0.1) is 0 Å². The van der Waals surface area contributed by atoms with E-state index in [1.165, 1.54) is 43.5 Å². The van der Waals surface area contributed by atoms with Crippen molar-refractivity contribution < 1.29 is 17.9 Å². The van der Waals surface area contributed by atoms with E-state index < -0.39 is 12.2 Å². The van der Waals surface area contributed by atoms with Crippen LogP contribution in [0.25, 0.3) is 0 Å². The lowest BCUT2D eigenvalue weighted by molar-refractivity contribution is 0.152. The molecule has 0 saturated heterocycles. The van der Waals surface area contributed by atoms with Gasteiger partial charge in [-0.05, 0) is 30.3 Å². The minimum Gasteiger partial charge on any atom is -0.494 e. The normalized spacial score (nSPS) is 10.7. The highest BCUT2D eigenvalue weighted by Crippen LogP contribution is 2.32. The molecule has 3 N–H and O–H groups in total. The van der Waals surface area contributed by atoms with Crippen molar-refractivity contribution in [2.24, 2.45) is 0 Å². The number of nitrogens with one attached hydrogen (secondary N) is 1. The predicted molar refractivity (Wildman–Crippen MR) is 72.0 cm³/mol. The molecular weight excluding hydrogens is 269 g/mol. The van der Waals surface area contributed by atoms with Gasteiger partial charge in [-0.3, -0.25) is 0 Å². The van der Waals surface area contributed by atoms with Gasteiger partial charge >= 0.3 is 0 Å². The molecule has 0 radical (unpaired) electrons. The zero-order valence-corrected chi connectivity index (χ0v) is 10.7. The molecular formula is C14H13F3N2O. The summed E-state index contributed by atoms with van der Waals surface area (Å²) in [4.78, 5) is 0. The first-order valence-electron chi connectivity index (χ1n) is 5.79. The third kappa shape index (κ3) is 2.96. The molecule has 0 spiro atoms. The van der Waals surface area contributed by atoms with Crippen molar-refractivity contribution in [3.63, 3.8) is 0 Å². The molecule has 2 aromatic rings. The second-order valence-electron chi connectivity index (χ2n) is 4.12. The maximum atomic E-state index is 13.5. The smallest absolute Gasteiger partial charge is 0.265 e. The highest BCUT2D eigenvalue weighted by atomic mass is 19.3. The van der Waals surface area contributed by atoms with Crippen LogP contribution in [-0.4, -0.2) is 7.11 Å². The fourth-order valence-electron chi connectivity index (χ4n) is 1.78. The molecule has 0 unspecified atom stereocenters. The second kappa shape index (κ2) is 5.73. The number of hydrogen-bond acceptors (Lipinski definition) is 3. The maximum Gasteiger partial charge on any atom is 0.265 e. The van der Waals surface area contributed by atoms with Gasteiger partial charge in [0.25, 0.3) is 6.43 Å². The molecule has 0 heterocycles. The van der Waals surface area contributed by atoms with E-state index in [1.54, 1.807) is 0 Å². The van der Waals surface area contributed by atoms with Gasteiger partial charge in [0, 0.05) is 28.7 Å². The highest BCUT2D eigenvalue weighted by Gasteiger charge is 2.14. The van der Waals surface area contributed by atoms with E-state index >= 15 is 0 Å². The fraction of sp³-hybridized carbons (Fsp3) is 0.143. The van der Waals surface area contributed by atoms with Gasteiger partial charge in [0.2, 0.25) is 0 Å². The van der Waals surface area contributed by atoms with Gasteiger partial charge in [0.15, 0.2) is 11.6 Å². The van der Waals surface area contributed by atoms with Crippen molar-refractivity contribution in [1.29, 1.82) is 0 Å². The van der Waals surface area contributed by atoms with E-state index in [0.29, 0.717) is 5.69 Å². The van der Waals surface area contributed by atoms with Crippen LogP contribution in [0, 0.1) is 5.82 Å². The van der Waals surface area contributed by atoms with Crippen LogP contribution in [-0.2, 0) is 0 Å². The first-order valence-corrected chi connectivity index (χ1v) is 5.79. The zero-order valence-electron chi connectivity index (χ0n) is 10.7. The molecule has 0 bridgehead atoms. The second-order valence-corrected chi connectivity index (χ2v) is 4.12. The van der Waals surface area contributed by atoms with Crippen molar-refractivity contribution in [3.8, 4) is 5.75 Å². The molecule has 0 aliphatic rings. The van der Waals surface area contributed by atoms with Gasteiger partial charge in [-0.1, -0.05) is 0 Å². The topological polar surface area (TPSA) is 47.3 Å². The zero-order chi connectivity index (χ0) is 14.7. The van der Waals surface area contributed by atoms with Crippen molar-refractivity contribution >= 4 is 17.1 Å². The van der Waals surface area contributed by atoms with Crippen LogP contribution < -0.4 is 15.8 Å². The van der Waals surface area contributed by atoms with Crippen LogP contribution in [0.3, 0.4) is 0 Å². The molecule has 3 nitrogen and oxygen atoms in total. The van der Waals surface area contributed by atoms with Crippen LogP contribution in [0.2, 0.25) is 0 Å². The number of benzene rings is 2. The summed E-state index contributed by atoms with van der Waals surface area (Å²) < 4.78 is 44.2. The van der Waals surface area contributed by atoms with Crippen LogP contribution in [0.1, 0.15) is 12.0 Å². The molecule has 106 valence electrons. The van der Waals surface area contributed by atoms with Crippen molar-refractivity contribution in [2.45, 2.75) is 6.43 Å². The average Bonchev–Trinajstić information content (AvgIpc) is 2.41. The molecule has 20 heavy (non-hydrogen) atoms. The third-order valence-corrected chi connectivity index (χ3v) is 2.74. The lowest BCUT2D eigenvalue weighted by atomic mass is 10.1. The molecule has 6 heteroatoms. The third-order valence-electron chi connectivity index (χ3n) is 2.74. The van der Waals surface area contributed by atoms with Crippen molar-refractivity contribution in [3.05, 3.63) is 47.8 Å². The Bertz CT molecular complexity index is 617. The molecule has 0 fully saturated rings. The van der Waals surface area contributed by atoms with Gasteiger partial charge < -0.3 is 15.8 Å². The van der Waals surface area contributed by atoms with Crippen molar-refractivity contribution in [1.82, 2.24) is 0 Å². The maximum absolute atomic E-state index is 13.5. The van der Waals surface area contributed by atoms with E-state index in [2.05, 4.69) is 5.32 Å². The largest absolute Gasteiger partial charge is 0.494 e. The summed E-state index contributed by atoms with van der Waals surface area (Å²) in [6, 6.07) is 8.23. The van der Waals surface area contributed by atoms with E-state index in [9.17, 15) is 13.2 Å². The summed E-state index contributed by atoms with van der Waals surface area (Å²) in [6.07, 6.45) is -2.68. The Balaban J connectivity index is 2.32. The number of rotatable bonds is 4. The average molecular weight is 282 g/mol. The molecule has 0 atom stereocenters. The molecule has 0 aromatic heterocycles. The lowest BCUT2D eigenvalue weighted by Gasteiger charge is -2.13. The Labute approximate surface area is 114 Å². The number of ether oxygens (including phenoxy) is 1. The molecule has 2 aromatic carbocycles. The summed E-state index contributed by atoms with van der Waals surface area (Å²) >= 11 is 0. The standard InChI is InChI=1S/C14H13F3N2O/c1-20-13-5-3-9(7-11(13)15)19-12-4-2-8(18)6-10(12)14(16)17/h2-7,14,19H,18H2,1H3. The summed E-state index contributed by atoms with van der Waals surface area (Å²) in [7, 11) is 1.35. The number of alkyl halides is 2. The minimum absolute atomic E-state index is 0.0851. The van der Waals surface area contributed by atoms with E-state index in [-0.39, 0.29) is 22.7 Å². The van der Waals surface area contributed by atoms with E-state index in [4.69, 9.17) is 10.5 Å². The number of hydrogen-bond donors (Lipinski definition) is 2. The highest BCUT2D eigenvalue weighted by molar-refractivity contribution is 5.67. The lowest BCUT2D eigenvalue weighted by Crippen LogP contribution is -1.99. The Morgan fingerprint density at radius 3 is 2.50 bits per heavy atom. The van der Waals surface area contributed by atoms with Crippen molar-refractivity contribution in [2.75, 3.05) is 18.2 Å². The Hall–Kier alpha value is -2.37. The molecule has 0 aliphatic carbocycles. The van der Waals surface area contributed by atoms with Crippen LogP contribution >= 0.6 is 0 Å². The van der Waals surface area contributed by atoms with Gasteiger partial charge in [-0.25, -0.2) is 13.2 Å². The molecule has 0 saturated carbocycles. The summed E-state index contributed by atoms with van der Waals surface area (Å²) in [5.41, 5.74) is 6.01. The monoisotopic (exact) mass is 282 g/mol. The molecule has 2 rings (SSSR count). The van der Waals surface area contributed by atoms with Crippen LogP contribution in [0.5, 0.6) is 5.75 Å². The van der Waals surface area contributed by atoms with Gasteiger partial charge in [-0.2, -0.15) is 0 Å². The van der Waals surface area contributed by atoms with Gasteiger partial charge in [0.1, 0.15) is 0 Å². The molecule has 0 amide bonds.